The van der Waals surface area contributed by atoms with E-state index in [0.717, 1.165) is 39.0 Å². The molecule has 0 aliphatic rings. The van der Waals surface area contributed by atoms with E-state index in [4.69, 9.17) is 6.42 Å². The minimum absolute atomic E-state index is 0.855. The highest BCUT2D eigenvalue weighted by molar-refractivity contribution is 5.47. The van der Waals surface area contributed by atoms with Crippen LogP contribution in [0, 0.1) is 12.3 Å². The number of hydrogen-bond acceptors (Lipinski definition) is 2. The first-order valence-corrected chi connectivity index (χ1v) is 6.79. The third-order valence-electron chi connectivity index (χ3n) is 3.07. The van der Waals surface area contributed by atoms with E-state index in [-0.39, 0.29) is 0 Å². The number of anilines is 1. The van der Waals surface area contributed by atoms with E-state index in [9.17, 15) is 0 Å². The lowest BCUT2D eigenvalue weighted by Crippen LogP contribution is -2.21. The van der Waals surface area contributed by atoms with Crippen molar-refractivity contribution in [1.29, 1.82) is 0 Å². The van der Waals surface area contributed by atoms with E-state index in [0.29, 0.717) is 0 Å². The monoisotopic (exact) mass is 244 g/mol. The molecule has 0 aromatic heterocycles. The molecule has 0 bridgehead atoms. The molecule has 0 aliphatic carbocycles. The van der Waals surface area contributed by atoms with Crippen LogP contribution >= 0.6 is 0 Å². The van der Waals surface area contributed by atoms with Gasteiger partial charge in [0.25, 0.3) is 0 Å². The summed E-state index contributed by atoms with van der Waals surface area (Å²) in [6.45, 7) is 8.39. The van der Waals surface area contributed by atoms with Crippen molar-refractivity contribution in [2.45, 2.75) is 33.2 Å². The molecule has 1 aromatic carbocycles. The Morgan fingerprint density at radius 2 is 1.83 bits per heavy atom. The fourth-order valence-electron chi connectivity index (χ4n) is 1.96. The normalized spacial score (nSPS) is 10.1. The minimum Gasteiger partial charge on any atom is -0.372 e. The van der Waals surface area contributed by atoms with E-state index in [1.807, 2.05) is 0 Å². The fourth-order valence-corrected chi connectivity index (χ4v) is 1.96. The van der Waals surface area contributed by atoms with Gasteiger partial charge >= 0.3 is 0 Å². The number of rotatable bonds is 8. The minimum atomic E-state index is 0.855. The molecule has 0 aliphatic heterocycles. The third kappa shape index (κ3) is 4.81. The maximum atomic E-state index is 5.21. The summed E-state index contributed by atoms with van der Waals surface area (Å²) in [6, 6.07) is 8.79. The Hall–Kier alpha value is -1.46. The van der Waals surface area contributed by atoms with Crippen LogP contribution in [0.4, 0.5) is 5.69 Å². The molecule has 0 saturated carbocycles. The van der Waals surface area contributed by atoms with Gasteiger partial charge in [-0.3, -0.25) is 0 Å². The second-order valence-electron chi connectivity index (χ2n) is 4.32. The molecule has 0 saturated heterocycles. The van der Waals surface area contributed by atoms with Crippen LogP contribution in [0.5, 0.6) is 0 Å². The molecule has 1 aromatic rings. The first-order valence-electron chi connectivity index (χ1n) is 6.79. The highest BCUT2D eigenvalue weighted by Gasteiger charge is 2.00. The largest absolute Gasteiger partial charge is 0.372 e. The average molecular weight is 244 g/mol. The van der Waals surface area contributed by atoms with Crippen molar-refractivity contribution in [3.63, 3.8) is 0 Å². The number of benzene rings is 1. The molecule has 0 radical (unpaired) electrons. The molecule has 0 amide bonds. The third-order valence-corrected chi connectivity index (χ3v) is 3.07. The number of unbranched alkanes of at least 4 members (excludes halogenated alkanes) is 1. The maximum Gasteiger partial charge on any atom is 0.0366 e. The number of nitrogens with one attached hydrogen (secondary N) is 1. The Kier molecular flexibility index (Phi) is 6.98. The summed E-state index contributed by atoms with van der Waals surface area (Å²) in [5, 5.41) is 3.40. The van der Waals surface area contributed by atoms with Gasteiger partial charge < -0.3 is 10.2 Å². The van der Waals surface area contributed by atoms with Crippen LogP contribution in [0.2, 0.25) is 0 Å². The van der Waals surface area contributed by atoms with Crippen molar-refractivity contribution in [2.24, 2.45) is 0 Å². The first kappa shape index (κ1) is 14.6. The van der Waals surface area contributed by atoms with Crippen molar-refractivity contribution < 1.29 is 0 Å². The predicted molar refractivity (Wildman–Crippen MR) is 79.8 cm³/mol. The van der Waals surface area contributed by atoms with Crippen LogP contribution in [0.1, 0.15) is 32.3 Å². The standard InChI is InChI=1S/C16H24N2/c1-4-7-8-13-17-14-15-9-11-16(12-10-15)18(5-2)6-3/h1,9-12,17H,5-8,13-14H2,2-3H3. The van der Waals surface area contributed by atoms with Gasteiger partial charge in [-0.2, -0.15) is 0 Å². The summed E-state index contributed by atoms with van der Waals surface area (Å²) < 4.78 is 0. The molecule has 1 rings (SSSR count). The van der Waals surface area contributed by atoms with Gasteiger partial charge in [0.15, 0.2) is 0 Å². The average Bonchev–Trinajstić information content (AvgIpc) is 2.41. The predicted octanol–water partition coefficient (Wildman–Crippen LogP) is 3.04. The van der Waals surface area contributed by atoms with Crippen LogP contribution < -0.4 is 10.2 Å². The lowest BCUT2D eigenvalue weighted by Gasteiger charge is -2.21. The van der Waals surface area contributed by atoms with E-state index in [1.54, 1.807) is 0 Å². The van der Waals surface area contributed by atoms with Gasteiger partial charge in [0.1, 0.15) is 0 Å². The summed E-state index contributed by atoms with van der Waals surface area (Å²) in [5.41, 5.74) is 2.63. The van der Waals surface area contributed by atoms with E-state index in [2.05, 4.69) is 54.3 Å². The van der Waals surface area contributed by atoms with Gasteiger partial charge in [-0.1, -0.05) is 12.1 Å². The van der Waals surface area contributed by atoms with Gasteiger partial charge in [-0.25, -0.2) is 0 Å². The number of nitrogens with zero attached hydrogens (tertiary/aromatic N) is 1. The van der Waals surface area contributed by atoms with Crippen LogP contribution in [0.15, 0.2) is 24.3 Å². The highest BCUT2D eigenvalue weighted by Crippen LogP contribution is 2.14. The van der Waals surface area contributed by atoms with E-state index < -0.39 is 0 Å². The van der Waals surface area contributed by atoms with Crippen molar-refractivity contribution in [3.8, 4) is 12.3 Å². The zero-order valence-electron chi connectivity index (χ0n) is 11.6. The molecule has 0 spiro atoms. The molecule has 2 heteroatoms. The zero-order valence-corrected chi connectivity index (χ0v) is 11.6. The van der Waals surface area contributed by atoms with Gasteiger partial charge in [-0.05, 0) is 44.5 Å². The van der Waals surface area contributed by atoms with Gasteiger partial charge in [0.2, 0.25) is 0 Å². The molecule has 98 valence electrons. The summed E-state index contributed by atoms with van der Waals surface area (Å²) in [4.78, 5) is 2.35. The van der Waals surface area contributed by atoms with E-state index in [1.165, 1.54) is 11.3 Å². The van der Waals surface area contributed by atoms with Gasteiger partial charge in [0.05, 0.1) is 0 Å². The smallest absolute Gasteiger partial charge is 0.0366 e. The summed E-state index contributed by atoms with van der Waals surface area (Å²) >= 11 is 0. The van der Waals surface area contributed by atoms with Crippen LogP contribution in [-0.2, 0) is 6.54 Å². The van der Waals surface area contributed by atoms with Crippen LogP contribution in [0.25, 0.3) is 0 Å². The molecule has 0 heterocycles. The summed E-state index contributed by atoms with van der Waals surface area (Å²) in [7, 11) is 0. The molecule has 0 atom stereocenters. The Morgan fingerprint density at radius 3 is 2.39 bits per heavy atom. The lowest BCUT2D eigenvalue weighted by atomic mass is 10.2. The Morgan fingerprint density at radius 1 is 1.17 bits per heavy atom. The molecule has 2 nitrogen and oxygen atoms in total. The molecule has 0 fully saturated rings. The van der Waals surface area contributed by atoms with E-state index >= 15 is 0 Å². The molecular weight excluding hydrogens is 220 g/mol. The second-order valence-corrected chi connectivity index (χ2v) is 4.32. The zero-order chi connectivity index (χ0) is 13.2. The summed E-state index contributed by atoms with van der Waals surface area (Å²) in [6.07, 6.45) is 7.12. The quantitative estimate of drug-likeness (QED) is 0.558. The van der Waals surface area contributed by atoms with Crippen molar-refractivity contribution in [1.82, 2.24) is 5.32 Å². The highest BCUT2D eigenvalue weighted by atomic mass is 15.1. The van der Waals surface area contributed by atoms with Crippen molar-refractivity contribution in [3.05, 3.63) is 29.8 Å². The van der Waals surface area contributed by atoms with Gasteiger partial charge in [0, 0.05) is 31.7 Å². The lowest BCUT2D eigenvalue weighted by molar-refractivity contribution is 0.659. The fraction of sp³-hybridized carbons (Fsp3) is 0.500. The SMILES string of the molecule is C#CCCCNCc1ccc(N(CC)CC)cc1. The van der Waals surface area contributed by atoms with Crippen molar-refractivity contribution >= 4 is 5.69 Å². The number of terminal acetylenes is 1. The maximum absolute atomic E-state index is 5.21. The Bertz CT molecular complexity index is 358. The molecule has 1 N–H and O–H groups in total. The first-order chi connectivity index (χ1) is 8.81. The number of hydrogen-bond donors (Lipinski definition) is 1. The van der Waals surface area contributed by atoms with Crippen molar-refractivity contribution in [2.75, 3.05) is 24.5 Å². The topological polar surface area (TPSA) is 15.3 Å². The Labute approximate surface area is 111 Å². The molecule has 18 heavy (non-hydrogen) atoms. The summed E-state index contributed by atoms with van der Waals surface area (Å²) in [5.74, 6) is 2.65. The Balaban J connectivity index is 2.38. The van der Waals surface area contributed by atoms with Gasteiger partial charge in [-0.15, -0.1) is 12.3 Å². The van der Waals surface area contributed by atoms with Crippen LogP contribution in [-0.4, -0.2) is 19.6 Å². The van der Waals surface area contributed by atoms with Crippen LogP contribution in [0.3, 0.4) is 0 Å². The second kappa shape index (κ2) is 8.60. The molecular formula is C16H24N2. The molecule has 0 unspecified atom stereocenters.